The molecule has 3 unspecified atom stereocenters. The number of piperidine rings is 1. The molecule has 2 heterocycles. The van der Waals surface area contributed by atoms with E-state index in [0.717, 1.165) is 36.9 Å². The van der Waals surface area contributed by atoms with Crippen LogP contribution in [0.1, 0.15) is 59.3 Å². The standard InChI is InChI=1S/C17H36N3O/c1-4-7-12-20-13-9-8-10-16(20)15-17(18-20)21-14-11-19(5-2)6-3/h16-18H,4-15H2,1-3H3/q+1. The number of fused-ring (bicyclic) bond motifs is 1. The van der Waals surface area contributed by atoms with Crippen LogP contribution >= 0.6 is 0 Å². The number of hydrogen-bond donors (Lipinski definition) is 1. The molecule has 2 fully saturated rings. The van der Waals surface area contributed by atoms with Gasteiger partial charge in [0.05, 0.1) is 19.7 Å². The fourth-order valence-corrected chi connectivity index (χ4v) is 4.05. The molecule has 0 aromatic carbocycles. The highest BCUT2D eigenvalue weighted by atomic mass is 16.5. The van der Waals surface area contributed by atoms with Gasteiger partial charge in [0.15, 0.2) is 6.23 Å². The second-order valence-electron chi connectivity index (χ2n) is 6.74. The summed E-state index contributed by atoms with van der Waals surface area (Å²) in [6.07, 6.45) is 8.27. The number of rotatable bonds is 9. The monoisotopic (exact) mass is 298 g/mol. The number of quaternary nitrogens is 1. The van der Waals surface area contributed by atoms with Gasteiger partial charge in [0, 0.05) is 19.4 Å². The fourth-order valence-electron chi connectivity index (χ4n) is 4.05. The Morgan fingerprint density at radius 1 is 1.19 bits per heavy atom. The maximum absolute atomic E-state index is 6.17. The van der Waals surface area contributed by atoms with Gasteiger partial charge in [-0.3, -0.25) is 0 Å². The van der Waals surface area contributed by atoms with Crippen LogP contribution in [0, 0.1) is 0 Å². The average molecular weight is 298 g/mol. The van der Waals surface area contributed by atoms with Gasteiger partial charge in [0.25, 0.3) is 0 Å². The van der Waals surface area contributed by atoms with Crippen LogP contribution in [0.3, 0.4) is 0 Å². The zero-order valence-electron chi connectivity index (χ0n) is 14.4. The molecule has 0 amide bonds. The van der Waals surface area contributed by atoms with Crippen LogP contribution in [-0.2, 0) is 4.74 Å². The zero-order valence-corrected chi connectivity index (χ0v) is 14.4. The maximum atomic E-state index is 6.17. The molecule has 0 aromatic heterocycles. The third-order valence-electron chi connectivity index (χ3n) is 5.46. The van der Waals surface area contributed by atoms with Crippen LogP contribution in [0.5, 0.6) is 0 Å². The minimum absolute atomic E-state index is 0.278. The number of nitrogens with one attached hydrogen (secondary N) is 1. The fraction of sp³-hybridized carbons (Fsp3) is 1.00. The molecule has 2 aliphatic heterocycles. The normalized spacial score (nSPS) is 32.6. The Labute approximate surface area is 131 Å². The Morgan fingerprint density at radius 3 is 2.71 bits per heavy atom. The highest BCUT2D eigenvalue weighted by Gasteiger charge is 2.48. The summed E-state index contributed by atoms with van der Waals surface area (Å²) in [6.45, 7) is 13.5. The lowest BCUT2D eigenvalue weighted by Crippen LogP contribution is -2.62. The van der Waals surface area contributed by atoms with Crippen LogP contribution in [0.15, 0.2) is 0 Å². The van der Waals surface area contributed by atoms with Crippen molar-refractivity contribution in [1.29, 1.82) is 0 Å². The van der Waals surface area contributed by atoms with Crippen LogP contribution in [-0.4, -0.2) is 61.1 Å². The van der Waals surface area contributed by atoms with Crippen LogP contribution < -0.4 is 5.43 Å². The lowest BCUT2D eigenvalue weighted by molar-refractivity contribution is -0.985. The first kappa shape index (κ1) is 17.2. The van der Waals surface area contributed by atoms with E-state index in [4.69, 9.17) is 4.74 Å². The smallest absolute Gasteiger partial charge is 0.158 e. The summed E-state index contributed by atoms with van der Waals surface area (Å²) >= 11 is 0. The van der Waals surface area contributed by atoms with Crippen molar-refractivity contribution < 1.29 is 9.33 Å². The van der Waals surface area contributed by atoms with Crippen molar-refractivity contribution in [2.24, 2.45) is 0 Å². The van der Waals surface area contributed by atoms with Gasteiger partial charge in [-0.25, -0.2) is 4.59 Å². The Hall–Kier alpha value is -0.160. The molecule has 21 heavy (non-hydrogen) atoms. The van der Waals surface area contributed by atoms with Crippen molar-refractivity contribution in [3.8, 4) is 0 Å². The first-order valence-electron chi connectivity index (χ1n) is 9.22. The molecule has 2 aliphatic rings. The van der Waals surface area contributed by atoms with Crippen molar-refractivity contribution in [2.75, 3.05) is 39.3 Å². The number of unbranched alkanes of at least 4 members (excludes halogenated alkanes) is 1. The number of nitrogens with zero attached hydrogens (tertiary/aromatic N) is 2. The predicted octanol–water partition coefficient (Wildman–Crippen LogP) is 2.75. The summed E-state index contributed by atoms with van der Waals surface area (Å²) < 4.78 is 7.31. The molecule has 124 valence electrons. The summed E-state index contributed by atoms with van der Waals surface area (Å²) in [5.41, 5.74) is 3.85. The van der Waals surface area contributed by atoms with Gasteiger partial charge in [-0.1, -0.05) is 27.2 Å². The SMILES string of the molecule is CCCC[N+]12CCCCC1CC(OCCN(CC)CC)N2. The van der Waals surface area contributed by atoms with E-state index in [9.17, 15) is 0 Å². The van der Waals surface area contributed by atoms with Crippen molar-refractivity contribution >= 4 is 0 Å². The Balaban J connectivity index is 1.81. The Kier molecular flexibility index (Phi) is 6.93. The average Bonchev–Trinajstić information content (AvgIpc) is 2.88. The van der Waals surface area contributed by atoms with Gasteiger partial charge in [0.1, 0.15) is 6.04 Å². The Morgan fingerprint density at radius 2 is 2.00 bits per heavy atom. The van der Waals surface area contributed by atoms with Gasteiger partial charge in [-0.05, 0) is 32.4 Å². The Bertz CT molecular complexity index is 296. The summed E-state index contributed by atoms with van der Waals surface area (Å²) in [6, 6.07) is 0.795. The van der Waals surface area contributed by atoms with Crippen molar-refractivity contribution in [2.45, 2.75) is 71.6 Å². The molecule has 0 radical (unpaired) electrons. The summed E-state index contributed by atoms with van der Waals surface area (Å²) in [4.78, 5) is 2.43. The maximum Gasteiger partial charge on any atom is 0.158 e. The van der Waals surface area contributed by atoms with Gasteiger partial charge in [-0.2, -0.15) is 0 Å². The quantitative estimate of drug-likeness (QED) is 0.663. The molecule has 0 bridgehead atoms. The number of hydrogen-bond acceptors (Lipinski definition) is 3. The van der Waals surface area contributed by atoms with E-state index < -0.39 is 0 Å². The van der Waals surface area contributed by atoms with Gasteiger partial charge in [0.2, 0.25) is 0 Å². The third-order valence-corrected chi connectivity index (χ3v) is 5.46. The molecule has 1 N–H and O–H groups in total. The lowest BCUT2D eigenvalue weighted by Gasteiger charge is -2.42. The zero-order chi connectivity index (χ0) is 15.1. The van der Waals surface area contributed by atoms with E-state index in [-0.39, 0.29) is 6.23 Å². The van der Waals surface area contributed by atoms with Crippen LogP contribution in [0.2, 0.25) is 0 Å². The first-order valence-corrected chi connectivity index (χ1v) is 9.22. The summed E-state index contributed by atoms with van der Waals surface area (Å²) in [7, 11) is 0. The van der Waals surface area contributed by atoms with E-state index >= 15 is 0 Å². The molecular weight excluding hydrogens is 262 g/mol. The molecule has 0 aliphatic carbocycles. The first-order chi connectivity index (χ1) is 10.2. The van der Waals surface area contributed by atoms with E-state index in [0.29, 0.717) is 0 Å². The van der Waals surface area contributed by atoms with Crippen LogP contribution in [0.4, 0.5) is 0 Å². The molecule has 2 rings (SSSR count). The summed E-state index contributed by atoms with van der Waals surface area (Å²) in [5.74, 6) is 0. The van der Waals surface area contributed by atoms with Crippen molar-refractivity contribution in [1.82, 2.24) is 10.3 Å². The van der Waals surface area contributed by atoms with Crippen LogP contribution in [0.25, 0.3) is 0 Å². The predicted molar refractivity (Wildman–Crippen MR) is 87.8 cm³/mol. The largest absolute Gasteiger partial charge is 0.357 e. The van der Waals surface area contributed by atoms with Gasteiger partial charge < -0.3 is 9.64 Å². The summed E-state index contributed by atoms with van der Waals surface area (Å²) in [5, 5.41) is 0. The number of likely N-dealkylation sites (N-methyl/N-ethyl adjacent to an activating group) is 1. The van der Waals surface area contributed by atoms with E-state index in [1.165, 1.54) is 51.6 Å². The second kappa shape index (κ2) is 8.47. The lowest BCUT2D eigenvalue weighted by atomic mass is 9.99. The third kappa shape index (κ3) is 4.41. The van der Waals surface area contributed by atoms with Crippen molar-refractivity contribution in [3.05, 3.63) is 0 Å². The van der Waals surface area contributed by atoms with E-state index in [1.807, 2.05) is 0 Å². The molecule has 0 spiro atoms. The van der Waals surface area contributed by atoms with Gasteiger partial charge in [-0.15, -0.1) is 5.43 Å². The molecule has 4 nitrogen and oxygen atoms in total. The molecule has 0 saturated carbocycles. The van der Waals surface area contributed by atoms with E-state index in [1.54, 1.807) is 0 Å². The van der Waals surface area contributed by atoms with Gasteiger partial charge >= 0.3 is 0 Å². The van der Waals surface area contributed by atoms with E-state index in [2.05, 4.69) is 31.1 Å². The minimum atomic E-state index is 0.278. The minimum Gasteiger partial charge on any atom is -0.357 e. The highest BCUT2D eigenvalue weighted by Crippen LogP contribution is 2.33. The highest BCUT2D eigenvalue weighted by molar-refractivity contribution is 4.75. The molecule has 2 saturated heterocycles. The van der Waals surface area contributed by atoms with Crippen molar-refractivity contribution in [3.63, 3.8) is 0 Å². The molecular formula is C17H36N3O+. The topological polar surface area (TPSA) is 24.5 Å². The second-order valence-corrected chi connectivity index (χ2v) is 6.74. The number of ether oxygens (including phenoxy) is 1. The molecule has 3 atom stereocenters. The molecule has 0 aromatic rings. The molecule has 4 heteroatoms.